The predicted molar refractivity (Wildman–Crippen MR) is 75.6 cm³/mol. The van der Waals surface area contributed by atoms with Gasteiger partial charge in [0.25, 0.3) is 5.91 Å². The molecule has 1 heterocycles. The lowest BCUT2D eigenvalue weighted by molar-refractivity contribution is -0.144. The lowest BCUT2D eigenvalue weighted by Gasteiger charge is -2.15. The summed E-state index contributed by atoms with van der Waals surface area (Å²) < 4.78 is 10.9. The van der Waals surface area contributed by atoms with Crippen LogP contribution in [0.5, 0.6) is 11.5 Å². The highest BCUT2D eigenvalue weighted by Crippen LogP contribution is 2.32. The van der Waals surface area contributed by atoms with E-state index in [4.69, 9.17) is 14.6 Å². The van der Waals surface area contributed by atoms with E-state index in [-0.39, 0.29) is 5.91 Å². The van der Waals surface area contributed by atoms with Gasteiger partial charge in [-0.05, 0) is 25.0 Å². The second-order valence-electron chi connectivity index (χ2n) is 4.97. The van der Waals surface area contributed by atoms with Crippen LogP contribution in [-0.4, -0.2) is 35.7 Å². The van der Waals surface area contributed by atoms with Crippen molar-refractivity contribution < 1.29 is 24.2 Å². The summed E-state index contributed by atoms with van der Waals surface area (Å²) in [6.07, 6.45) is -0.258. The molecule has 2 N–H and O–H groups in total. The maximum atomic E-state index is 11.7. The molecule has 0 aromatic heterocycles. The van der Waals surface area contributed by atoms with Gasteiger partial charge in [0.1, 0.15) is 11.5 Å². The van der Waals surface area contributed by atoms with Gasteiger partial charge in [0.15, 0.2) is 12.2 Å². The topological polar surface area (TPSA) is 84.9 Å². The summed E-state index contributed by atoms with van der Waals surface area (Å²) in [5, 5.41) is 11.7. The van der Waals surface area contributed by atoms with Crippen LogP contribution in [0.2, 0.25) is 0 Å². The molecule has 0 fully saturated rings. The van der Waals surface area contributed by atoms with Gasteiger partial charge in [-0.3, -0.25) is 4.79 Å². The number of benzene rings is 1. The minimum atomic E-state index is -0.985. The predicted octanol–water partition coefficient (Wildman–Crippen LogP) is 1.37. The number of carbonyl (C=O) groups excluding carboxylic acids is 1. The molecule has 2 unspecified atom stereocenters. The molecule has 6 heteroatoms. The first kappa shape index (κ1) is 15.2. The number of carboxylic acids is 1. The van der Waals surface area contributed by atoms with Crippen molar-refractivity contribution >= 4 is 11.9 Å². The number of hydrogen-bond acceptors (Lipinski definition) is 4. The van der Waals surface area contributed by atoms with Gasteiger partial charge in [-0.1, -0.05) is 13.0 Å². The summed E-state index contributed by atoms with van der Waals surface area (Å²) in [7, 11) is 0. The quantitative estimate of drug-likeness (QED) is 0.827. The number of aliphatic carboxylic acids is 1. The van der Waals surface area contributed by atoms with Gasteiger partial charge < -0.3 is 19.9 Å². The van der Waals surface area contributed by atoms with Crippen LogP contribution in [0.3, 0.4) is 0 Å². The Hall–Kier alpha value is -2.24. The molecule has 21 heavy (non-hydrogen) atoms. The minimum absolute atomic E-state index is 0.179. The Bertz CT molecular complexity index is 543. The van der Waals surface area contributed by atoms with Crippen LogP contribution in [0.1, 0.15) is 25.8 Å². The van der Waals surface area contributed by atoms with E-state index in [1.165, 1.54) is 0 Å². The van der Waals surface area contributed by atoms with Gasteiger partial charge in [-0.2, -0.15) is 0 Å². The van der Waals surface area contributed by atoms with Gasteiger partial charge in [0, 0.05) is 19.0 Å². The zero-order valence-corrected chi connectivity index (χ0v) is 12.1. The van der Waals surface area contributed by atoms with E-state index in [0.29, 0.717) is 24.5 Å². The SMILES string of the molecule is CCCNC(=O)C(C)Oc1ccc2c(c1)OC(C(=O)O)C2. The monoisotopic (exact) mass is 293 g/mol. The van der Waals surface area contributed by atoms with E-state index >= 15 is 0 Å². The van der Waals surface area contributed by atoms with Crippen molar-refractivity contribution in [3.8, 4) is 11.5 Å². The van der Waals surface area contributed by atoms with Crippen LogP contribution < -0.4 is 14.8 Å². The summed E-state index contributed by atoms with van der Waals surface area (Å²) in [6, 6.07) is 5.11. The van der Waals surface area contributed by atoms with Crippen molar-refractivity contribution in [1.82, 2.24) is 5.32 Å². The normalized spacial score (nSPS) is 17.5. The number of fused-ring (bicyclic) bond motifs is 1. The number of amides is 1. The van der Waals surface area contributed by atoms with Gasteiger partial charge in [-0.15, -0.1) is 0 Å². The molecule has 1 aliphatic heterocycles. The lowest BCUT2D eigenvalue weighted by Crippen LogP contribution is -2.36. The molecule has 2 atom stereocenters. The van der Waals surface area contributed by atoms with Crippen LogP contribution in [0.25, 0.3) is 0 Å². The summed E-state index contributed by atoms with van der Waals surface area (Å²) in [5.41, 5.74) is 0.831. The molecule has 0 radical (unpaired) electrons. The first-order valence-electron chi connectivity index (χ1n) is 6.98. The zero-order chi connectivity index (χ0) is 15.4. The van der Waals surface area contributed by atoms with Gasteiger partial charge in [-0.25, -0.2) is 4.79 Å². The van der Waals surface area contributed by atoms with E-state index in [0.717, 1.165) is 12.0 Å². The molecule has 1 amide bonds. The van der Waals surface area contributed by atoms with E-state index in [1.54, 1.807) is 25.1 Å². The molecule has 0 bridgehead atoms. The van der Waals surface area contributed by atoms with E-state index in [2.05, 4.69) is 5.32 Å². The Morgan fingerprint density at radius 3 is 2.95 bits per heavy atom. The van der Waals surface area contributed by atoms with Gasteiger partial charge in [0.2, 0.25) is 0 Å². The molecule has 0 spiro atoms. The fourth-order valence-electron chi connectivity index (χ4n) is 2.07. The average Bonchev–Trinajstić information content (AvgIpc) is 2.88. The molecule has 1 aromatic carbocycles. The van der Waals surface area contributed by atoms with E-state index in [1.807, 2.05) is 6.92 Å². The van der Waals surface area contributed by atoms with Crippen LogP contribution in [0, 0.1) is 0 Å². The number of nitrogens with one attached hydrogen (secondary N) is 1. The van der Waals surface area contributed by atoms with Crippen LogP contribution in [0.15, 0.2) is 18.2 Å². The van der Waals surface area contributed by atoms with Gasteiger partial charge >= 0.3 is 5.97 Å². The summed E-state index contributed by atoms with van der Waals surface area (Å²) in [6.45, 7) is 4.25. The molecule has 0 saturated carbocycles. The molecule has 2 rings (SSSR count). The van der Waals surface area contributed by atoms with Crippen molar-refractivity contribution in [2.75, 3.05) is 6.54 Å². The summed E-state index contributed by atoms with van der Waals surface area (Å²) in [5.74, 6) is -0.178. The number of carboxylic acid groups (broad SMARTS) is 1. The molecule has 1 aliphatic rings. The summed E-state index contributed by atoms with van der Waals surface area (Å²) >= 11 is 0. The van der Waals surface area contributed by atoms with E-state index < -0.39 is 18.2 Å². The third-order valence-corrected chi connectivity index (χ3v) is 3.22. The second kappa shape index (κ2) is 6.47. The largest absolute Gasteiger partial charge is 0.481 e. The van der Waals surface area contributed by atoms with Crippen LogP contribution >= 0.6 is 0 Å². The molecule has 0 aliphatic carbocycles. The van der Waals surface area contributed by atoms with Gasteiger partial charge in [0.05, 0.1) is 0 Å². The standard InChI is InChI=1S/C15H19NO5/c1-3-6-16-14(17)9(2)20-11-5-4-10-7-13(15(18)19)21-12(10)8-11/h4-5,8-9,13H,3,6-7H2,1-2H3,(H,16,17)(H,18,19). The minimum Gasteiger partial charge on any atom is -0.481 e. The fraction of sp³-hybridized carbons (Fsp3) is 0.467. The molecule has 6 nitrogen and oxygen atoms in total. The molecule has 0 saturated heterocycles. The Labute approximate surface area is 123 Å². The molecule has 1 aromatic rings. The smallest absolute Gasteiger partial charge is 0.345 e. The number of ether oxygens (including phenoxy) is 2. The molecule has 114 valence electrons. The Morgan fingerprint density at radius 1 is 1.52 bits per heavy atom. The Morgan fingerprint density at radius 2 is 2.29 bits per heavy atom. The Kier molecular flexibility index (Phi) is 4.67. The lowest BCUT2D eigenvalue weighted by atomic mass is 10.1. The maximum Gasteiger partial charge on any atom is 0.345 e. The third kappa shape index (κ3) is 3.65. The van der Waals surface area contributed by atoms with E-state index in [9.17, 15) is 9.59 Å². The number of carbonyl (C=O) groups is 2. The third-order valence-electron chi connectivity index (χ3n) is 3.22. The number of rotatable bonds is 6. The fourth-order valence-corrected chi connectivity index (χ4v) is 2.07. The average molecular weight is 293 g/mol. The zero-order valence-electron chi connectivity index (χ0n) is 12.1. The first-order valence-corrected chi connectivity index (χ1v) is 6.98. The molecular weight excluding hydrogens is 274 g/mol. The van der Waals surface area contributed by atoms with Crippen molar-refractivity contribution in [2.24, 2.45) is 0 Å². The van der Waals surface area contributed by atoms with Crippen LogP contribution in [0.4, 0.5) is 0 Å². The van der Waals surface area contributed by atoms with Crippen molar-refractivity contribution in [3.05, 3.63) is 23.8 Å². The van der Waals surface area contributed by atoms with Crippen molar-refractivity contribution in [2.45, 2.75) is 38.9 Å². The number of hydrogen-bond donors (Lipinski definition) is 2. The second-order valence-corrected chi connectivity index (χ2v) is 4.97. The Balaban J connectivity index is 1.99. The van der Waals surface area contributed by atoms with Crippen molar-refractivity contribution in [3.63, 3.8) is 0 Å². The summed E-state index contributed by atoms with van der Waals surface area (Å²) in [4.78, 5) is 22.6. The maximum absolute atomic E-state index is 11.7. The highest BCUT2D eigenvalue weighted by atomic mass is 16.5. The molecular formula is C15H19NO5. The highest BCUT2D eigenvalue weighted by molar-refractivity contribution is 5.80. The van der Waals surface area contributed by atoms with Crippen molar-refractivity contribution in [1.29, 1.82) is 0 Å². The first-order chi connectivity index (χ1) is 10.0. The van der Waals surface area contributed by atoms with Crippen LogP contribution in [-0.2, 0) is 16.0 Å². The highest BCUT2D eigenvalue weighted by Gasteiger charge is 2.29.